The van der Waals surface area contributed by atoms with Crippen LogP contribution >= 0.6 is 0 Å². The molecule has 0 aromatic heterocycles. The zero-order chi connectivity index (χ0) is 14.3. The second-order valence-corrected chi connectivity index (χ2v) is 4.34. The first-order valence-electron chi connectivity index (χ1n) is 6.63. The van der Waals surface area contributed by atoms with Crippen LogP contribution in [0.3, 0.4) is 0 Å². The Morgan fingerprint density at radius 3 is 2.42 bits per heavy atom. The Labute approximate surface area is 115 Å². The monoisotopic (exact) mass is 265 g/mol. The predicted molar refractivity (Wildman–Crippen MR) is 75.3 cm³/mol. The Morgan fingerprint density at radius 1 is 1.21 bits per heavy atom. The topological polar surface area (TPSA) is 47.6 Å². The van der Waals surface area contributed by atoms with E-state index in [4.69, 9.17) is 9.47 Å². The number of carbonyl (C=O) groups is 1. The minimum atomic E-state index is -0.399. The molecule has 0 fully saturated rings. The van der Waals surface area contributed by atoms with Gasteiger partial charge in [-0.3, -0.25) is 4.79 Å². The first kappa shape index (κ1) is 15.5. The highest BCUT2D eigenvalue weighted by Gasteiger charge is 2.21. The van der Waals surface area contributed by atoms with E-state index in [0.717, 1.165) is 17.7 Å². The maximum Gasteiger partial charge on any atom is 0.249 e. The fourth-order valence-electron chi connectivity index (χ4n) is 2.08. The van der Waals surface area contributed by atoms with Crippen LogP contribution in [0.25, 0.3) is 0 Å². The van der Waals surface area contributed by atoms with Crippen molar-refractivity contribution in [1.29, 1.82) is 0 Å². The highest BCUT2D eigenvalue weighted by atomic mass is 16.5. The number of hydrogen-bond donors (Lipinski definition) is 1. The Morgan fingerprint density at radius 2 is 1.89 bits per heavy atom. The Balaban J connectivity index is 2.86. The standard InChI is InChI=1S/C15H23NO3/c1-5-12(16-15(17)13(6-2)18-3)11-9-7-8-10-14(11)19-4/h7-10,12-13H,5-6H2,1-4H3,(H,16,17)/t12-,13-/m1/s1. The van der Waals surface area contributed by atoms with E-state index < -0.39 is 6.10 Å². The van der Waals surface area contributed by atoms with Crippen LogP contribution in [-0.4, -0.2) is 26.2 Å². The third kappa shape index (κ3) is 3.96. The van der Waals surface area contributed by atoms with Gasteiger partial charge in [0.05, 0.1) is 13.2 Å². The number of amides is 1. The first-order valence-corrected chi connectivity index (χ1v) is 6.63. The Kier molecular flexibility index (Phi) is 6.36. The summed E-state index contributed by atoms with van der Waals surface area (Å²) in [5, 5.41) is 3.02. The minimum absolute atomic E-state index is 0.0622. The molecule has 0 unspecified atom stereocenters. The molecule has 106 valence electrons. The maximum absolute atomic E-state index is 12.1. The summed E-state index contributed by atoms with van der Waals surface area (Å²) in [5.74, 6) is 0.711. The van der Waals surface area contributed by atoms with Crippen molar-refractivity contribution < 1.29 is 14.3 Å². The van der Waals surface area contributed by atoms with Gasteiger partial charge in [0.1, 0.15) is 11.9 Å². The summed E-state index contributed by atoms with van der Waals surface area (Å²) in [7, 11) is 3.19. The maximum atomic E-state index is 12.1. The molecule has 0 aliphatic carbocycles. The molecule has 0 aliphatic rings. The van der Waals surface area contributed by atoms with Crippen LogP contribution in [0.5, 0.6) is 5.75 Å². The summed E-state index contributed by atoms with van der Waals surface area (Å²) in [6.07, 6.45) is 1.06. The fourth-order valence-corrected chi connectivity index (χ4v) is 2.08. The molecule has 1 amide bonds. The molecule has 0 aliphatic heterocycles. The molecular formula is C15H23NO3. The molecular weight excluding hydrogens is 242 g/mol. The SMILES string of the molecule is CC[C@@H](OC)C(=O)N[C@H](CC)c1ccccc1OC. The quantitative estimate of drug-likeness (QED) is 0.824. The normalized spacial score (nSPS) is 13.7. The highest BCUT2D eigenvalue weighted by Crippen LogP contribution is 2.26. The lowest BCUT2D eigenvalue weighted by atomic mass is 10.0. The molecule has 2 atom stereocenters. The van der Waals surface area contributed by atoms with Gasteiger partial charge in [-0.2, -0.15) is 0 Å². The predicted octanol–water partition coefficient (Wildman–Crippen LogP) is 2.69. The number of benzene rings is 1. The molecule has 4 nitrogen and oxygen atoms in total. The van der Waals surface area contributed by atoms with Gasteiger partial charge in [-0.15, -0.1) is 0 Å². The number of rotatable bonds is 7. The number of ether oxygens (including phenoxy) is 2. The van der Waals surface area contributed by atoms with Gasteiger partial charge in [0, 0.05) is 12.7 Å². The number of methoxy groups -OCH3 is 2. The van der Waals surface area contributed by atoms with Crippen LogP contribution in [0, 0.1) is 0 Å². The molecule has 4 heteroatoms. The largest absolute Gasteiger partial charge is 0.496 e. The van der Waals surface area contributed by atoms with Crippen LogP contribution in [-0.2, 0) is 9.53 Å². The van der Waals surface area contributed by atoms with E-state index >= 15 is 0 Å². The van der Waals surface area contributed by atoms with Crippen molar-refractivity contribution in [2.45, 2.75) is 38.8 Å². The molecule has 1 aromatic rings. The fraction of sp³-hybridized carbons (Fsp3) is 0.533. The smallest absolute Gasteiger partial charge is 0.249 e. The summed E-state index contributed by atoms with van der Waals surface area (Å²) in [6.45, 7) is 3.96. The molecule has 0 spiro atoms. The van der Waals surface area contributed by atoms with Gasteiger partial charge in [0.2, 0.25) is 5.91 Å². The lowest BCUT2D eigenvalue weighted by Crippen LogP contribution is -2.37. The number of hydrogen-bond acceptors (Lipinski definition) is 3. The molecule has 0 saturated carbocycles. The molecule has 0 bridgehead atoms. The molecule has 0 heterocycles. The molecule has 1 rings (SSSR count). The number of carbonyl (C=O) groups excluding carboxylic acids is 1. The lowest BCUT2D eigenvalue weighted by Gasteiger charge is -2.22. The zero-order valence-corrected chi connectivity index (χ0v) is 12.1. The van der Waals surface area contributed by atoms with Crippen LogP contribution in [0.15, 0.2) is 24.3 Å². The van der Waals surface area contributed by atoms with Gasteiger partial charge < -0.3 is 14.8 Å². The van der Waals surface area contributed by atoms with Crippen molar-refractivity contribution >= 4 is 5.91 Å². The van der Waals surface area contributed by atoms with Gasteiger partial charge in [-0.25, -0.2) is 0 Å². The summed E-state index contributed by atoms with van der Waals surface area (Å²) in [4.78, 5) is 12.1. The third-order valence-electron chi connectivity index (χ3n) is 3.19. The summed E-state index contributed by atoms with van der Waals surface area (Å²) in [5.41, 5.74) is 0.992. The van der Waals surface area contributed by atoms with Crippen LogP contribution in [0.4, 0.5) is 0 Å². The summed E-state index contributed by atoms with van der Waals surface area (Å²) < 4.78 is 10.5. The molecule has 1 N–H and O–H groups in total. The van der Waals surface area contributed by atoms with E-state index in [9.17, 15) is 4.79 Å². The first-order chi connectivity index (χ1) is 9.17. The molecule has 0 saturated heterocycles. The zero-order valence-electron chi connectivity index (χ0n) is 12.1. The lowest BCUT2D eigenvalue weighted by molar-refractivity contribution is -0.132. The third-order valence-corrected chi connectivity index (χ3v) is 3.19. The molecule has 19 heavy (non-hydrogen) atoms. The van der Waals surface area contributed by atoms with Crippen molar-refractivity contribution in [3.05, 3.63) is 29.8 Å². The second-order valence-electron chi connectivity index (χ2n) is 4.34. The van der Waals surface area contributed by atoms with Gasteiger partial charge >= 0.3 is 0 Å². The Hall–Kier alpha value is -1.55. The van der Waals surface area contributed by atoms with E-state index in [2.05, 4.69) is 5.32 Å². The van der Waals surface area contributed by atoms with E-state index in [1.165, 1.54) is 0 Å². The average Bonchev–Trinajstić information content (AvgIpc) is 2.46. The van der Waals surface area contributed by atoms with Gasteiger partial charge in [-0.05, 0) is 18.9 Å². The van der Waals surface area contributed by atoms with E-state index in [0.29, 0.717) is 6.42 Å². The summed E-state index contributed by atoms with van der Waals surface area (Å²) >= 11 is 0. The van der Waals surface area contributed by atoms with Crippen LogP contribution in [0.2, 0.25) is 0 Å². The summed E-state index contributed by atoms with van der Waals surface area (Å²) in [6, 6.07) is 7.67. The Bertz CT molecular complexity index is 402. The van der Waals surface area contributed by atoms with Crippen molar-refractivity contribution in [1.82, 2.24) is 5.32 Å². The number of para-hydroxylation sites is 1. The van der Waals surface area contributed by atoms with Gasteiger partial charge in [0.15, 0.2) is 0 Å². The molecule has 0 radical (unpaired) electrons. The van der Waals surface area contributed by atoms with Gasteiger partial charge in [0.25, 0.3) is 0 Å². The average molecular weight is 265 g/mol. The van der Waals surface area contributed by atoms with Gasteiger partial charge in [-0.1, -0.05) is 32.0 Å². The minimum Gasteiger partial charge on any atom is -0.496 e. The number of nitrogens with one attached hydrogen (secondary N) is 1. The van der Waals surface area contributed by atoms with E-state index in [1.54, 1.807) is 14.2 Å². The second kappa shape index (κ2) is 7.79. The van der Waals surface area contributed by atoms with Crippen molar-refractivity contribution in [2.75, 3.05) is 14.2 Å². The van der Waals surface area contributed by atoms with E-state index in [-0.39, 0.29) is 11.9 Å². The van der Waals surface area contributed by atoms with Crippen molar-refractivity contribution in [3.8, 4) is 5.75 Å². The van der Waals surface area contributed by atoms with Crippen LogP contribution < -0.4 is 10.1 Å². The van der Waals surface area contributed by atoms with Crippen molar-refractivity contribution in [2.24, 2.45) is 0 Å². The highest BCUT2D eigenvalue weighted by molar-refractivity contribution is 5.81. The van der Waals surface area contributed by atoms with E-state index in [1.807, 2.05) is 38.1 Å². The van der Waals surface area contributed by atoms with Crippen LogP contribution in [0.1, 0.15) is 38.3 Å². The molecule has 1 aromatic carbocycles. The van der Waals surface area contributed by atoms with Crippen molar-refractivity contribution in [3.63, 3.8) is 0 Å².